The minimum Gasteiger partial charge on any atom is -0.383 e. The van der Waals surface area contributed by atoms with Gasteiger partial charge in [-0.25, -0.2) is 4.39 Å². The highest BCUT2D eigenvalue weighted by molar-refractivity contribution is 5.42. The standard InChI is InChI=1S/C11H17FN2/c1-8(2)11(13)7-14-10-5-3-9(12)4-6-10/h3-6,8,11,14H,7,13H2,1-2H3. The van der Waals surface area contributed by atoms with E-state index < -0.39 is 0 Å². The maximum atomic E-state index is 12.6. The molecule has 0 heterocycles. The number of benzene rings is 1. The predicted molar refractivity (Wildman–Crippen MR) is 57.7 cm³/mol. The average molecular weight is 196 g/mol. The lowest BCUT2D eigenvalue weighted by Crippen LogP contribution is -2.33. The molecule has 0 aromatic heterocycles. The molecule has 1 unspecified atom stereocenters. The van der Waals surface area contributed by atoms with E-state index in [4.69, 9.17) is 5.73 Å². The van der Waals surface area contributed by atoms with E-state index >= 15 is 0 Å². The second kappa shape index (κ2) is 4.96. The summed E-state index contributed by atoms with van der Waals surface area (Å²) < 4.78 is 12.6. The fraction of sp³-hybridized carbons (Fsp3) is 0.455. The van der Waals surface area contributed by atoms with Crippen molar-refractivity contribution in [3.63, 3.8) is 0 Å². The highest BCUT2D eigenvalue weighted by Crippen LogP contribution is 2.08. The second-order valence-electron chi connectivity index (χ2n) is 3.80. The van der Waals surface area contributed by atoms with Gasteiger partial charge in [0.15, 0.2) is 0 Å². The van der Waals surface area contributed by atoms with E-state index in [1.807, 2.05) is 0 Å². The Kier molecular flexibility index (Phi) is 3.89. The van der Waals surface area contributed by atoms with Crippen LogP contribution in [0.2, 0.25) is 0 Å². The Balaban J connectivity index is 2.42. The predicted octanol–water partition coefficient (Wildman–Crippen LogP) is 2.22. The van der Waals surface area contributed by atoms with Gasteiger partial charge in [-0.2, -0.15) is 0 Å². The van der Waals surface area contributed by atoms with Gasteiger partial charge < -0.3 is 11.1 Å². The van der Waals surface area contributed by atoms with Crippen molar-refractivity contribution in [2.75, 3.05) is 11.9 Å². The molecular formula is C11H17FN2. The zero-order valence-electron chi connectivity index (χ0n) is 8.63. The fourth-order valence-corrected chi connectivity index (χ4v) is 1.04. The van der Waals surface area contributed by atoms with Crippen molar-refractivity contribution in [1.29, 1.82) is 0 Å². The Morgan fingerprint density at radius 1 is 1.29 bits per heavy atom. The van der Waals surface area contributed by atoms with Gasteiger partial charge in [-0.15, -0.1) is 0 Å². The van der Waals surface area contributed by atoms with Crippen LogP contribution >= 0.6 is 0 Å². The molecule has 0 aliphatic rings. The molecular weight excluding hydrogens is 179 g/mol. The number of rotatable bonds is 4. The summed E-state index contributed by atoms with van der Waals surface area (Å²) in [4.78, 5) is 0. The Hall–Kier alpha value is -1.09. The van der Waals surface area contributed by atoms with E-state index in [1.54, 1.807) is 12.1 Å². The second-order valence-corrected chi connectivity index (χ2v) is 3.80. The zero-order valence-corrected chi connectivity index (χ0v) is 8.63. The van der Waals surface area contributed by atoms with Gasteiger partial charge in [0.1, 0.15) is 5.82 Å². The lowest BCUT2D eigenvalue weighted by atomic mass is 10.1. The van der Waals surface area contributed by atoms with Gasteiger partial charge in [-0.3, -0.25) is 0 Å². The van der Waals surface area contributed by atoms with Crippen LogP contribution < -0.4 is 11.1 Å². The van der Waals surface area contributed by atoms with E-state index in [1.165, 1.54) is 12.1 Å². The molecule has 0 aliphatic carbocycles. The van der Waals surface area contributed by atoms with Crippen LogP contribution in [0.4, 0.5) is 10.1 Å². The quantitative estimate of drug-likeness (QED) is 0.775. The topological polar surface area (TPSA) is 38.0 Å². The SMILES string of the molecule is CC(C)C(N)CNc1ccc(F)cc1. The van der Waals surface area contributed by atoms with Crippen molar-refractivity contribution in [2.45, 2.75) is 19.9 Å². The maximum absolute atomic E-state index is 12.6. The van der Waals surface area contributed by atoms with Crippen LogP contribution in [0, 0.1) is 11.7 Å². The summed E-state index contributed by atoms with van der Waals surface area (Å²) in [7, 11) is 0. The minimum atomic E-state index is -0.219. The van der Waals surface area contributed by atoms with E-state index in [-0.39, 0.29) is 11.9 Å². The number of hydrogen-bond acceptors (Lipinski definition) is 2. The first kappa shape index (κ1) is 11.0. The summed E-state index contributed by atoms with van der Waals surface area (Å²) >= 11 is 0. The molecule has 1 aromatic carbocycles. The molecule has 0 fully saturated rings. The Morgan fingerprint density at radius 3 is 2.36 bits per heavy atom. The molecule has 1 atom stereocenters. The van der Waals surface area contributed by atoms with E-state index in [0.29, 0.717) is 12.5 Å². The fourth-order valence-electron chi connectivity index (χ4n) is 1.04. The van der Waals surface area contributed by atoms with Gasteiger partial charge in [0.05, 0.1) is 0 Å². The summed E-state index contributed by atoms with van der Waals surface area (Å²) in [6.07, 6.45) is 0. The summed E-state index contributed by atoms with van der Waals surface area (Å²) in [6.45, 7) is 4.87. The van der Waals surface area contributed by atoms with Crippen LogP contribution in [0.25, 0.3) is 0 Å². The number of anilines is 1. The summed E-state index contributed by atoms with van der Waals surface area (Å²) in [6, 6.07) is 6.41. The minimum absolute atomic E-state index is 0.125. The molecule has 1 aromatic rings. The van der Waals surface area contributed by atoms with Crippen molar-refractivity contribution >= 4 is 5.69 Å². The molecule has 2 nitrogen and oxygen atoms in total. The number of nitrogens with one attached hydrogen (secondary N) is 1. The van der Waals surface area contributed by atoms with Gasteiger partial charge >= 0.3 is 0 Å². The molecule has 0 spiro atoms. The molecule has 3 N–H and O–H groups in total. The smallest absolute Gasteiger partial charge is 0.123 e. The molecule has 0 aliphatic heterocycles. The maximum Gasteiger partial charge on any atom is 0.123 e. The van der Waals surface area contributed by atoms with Gasteiger partial charge in [0.2, 0.25) is 0 Å². The van der Waals surface area contributed by atoms with Crippen molar-refractivity contribution in [3.05, 3.63) is 30.1 Å². The van der Waals surface area contributed by atoms with Gasteiger partial charge in [-0.05, 0) is 30.2 Å². The van der Waals surface area contributed by atoms with Crippen LogP contribution in [0.1, 0.15) is 13.8 Å². The van der Waals surface area contributed by atoms with Crippen LogP contribution in [0.3, 0.4) is 0 Å². The molecule has 0 amide bonds. The first-order valence-corrected chi connectivity index (χ1v) is 4.84. The molecule has 1 rings (SSSR count). The Morgan fingerprint density at radius 2 is 1.86 bits per heavy atom. The molecule has 0 saturated heterocycles. The van der Waals surface area contributed by atoms with Gasteiger partial charge in [0, 0.05) is 18.3 Å². The van der Waals surface area contributed by atoms with E-state index in [2.05, 4.69) is 19.2 Å². The molecule has 3 heteroatoms. The third-order valence-electron chi connectivity index (χ3n) is 2.24. The van der Waals surface area contributed by atoms with Crippen molar-refractivity contribution < 1.29 is 4.39 Å². The average Bonchev–Trinajstić information content (AvgIpc) is 2.16. The monoisotopic (exact) mass is 196 g/mol. The van der Waals surface area contributed by atoms with E-state index in [9.17, 15) is 4.39 Å². The van der Waals surface area contributed by atoms with Crippen LogP contribution in [-0.2, 0) is 0 Å². The summed E-state index contributed by atoms with van der Waals surface area (Å²) in [5.74, 6) is 0.228. The Labute approximate surface area is 84.3 Å². The normalized spacial score (nSPS) is 12.9. The number of hydrogen-bond donors (Lipinski definition) is 2. The number of nitrogens with two attached hydrogens (primary N) is 1. The highest BCUT2D eigenvalue weighted by Gasteiger charge is 2.06. The lowest BCUT2D eigenvalue weighted by Gasteiger charge is -2.16. The van der Waals surface area contributed by atoms with Crippen molar-refractivity contribution in [1.82, 2.24) is 0 Å². The molecule has 0 saturated carbocycles. The van der Waals surface area contributed by atoms with E-state index in [0.717, 1.165) is 5.69 Å². The number of halogens is 1. The van der Waals surface area contributed by atoms with Gasteiger partial charge in [0.25, 0.3) is 0 Å². The first-order chi connectivity index (χ1) is 6.59. The van der Waals surface area contributed by atoms with Crippen molar-refractivity contribution in [2.24, 2.45) is 11.7 Å². The molecule has 0 bridgehead atoms. The zero-order chi connectivity index (χ0) is 10.6. The third kappa shape index (κ3) is 3.34. The van der Waals surface area contributed by atoms with Crippen LogP contribution in [0.5, 0.6) is 0 Å². The van der Waals surface area contributed by atoms with Crippen molar-refractivity contribution in [3.8, 4) is 0 Å². The highest BCUT2D eigenvalue weighted by atomic mass is 19.1. The van der Waals surface area contributed by atoms with Gasteiger partial charge in [-0.1, -0.05) is 13.8 Å². The first-order valence-electron chi connectivity index (χ1n) is 4.84. The van der Waals surface area contributed by atoms with Crippen LogP contribution in [-0.4, -0.2) is 12.6 Å². The summed E-state index contributed by atoms with van der Waals surface area (Å²) in [5.41, 5.74) is 6.76. The Bertz CT molecular complexity index is 269. The van der Waals surface area contributed by atoms with Crippen LogP contribution in [0.15, 0.2) is 24.3 Å². The molecule has 14 heavy (non-hydrogen) atoms. The molecule has 78 valence electrons. The largest absolute Gasteiger partial charge is 0.383 e. The lowest BCUT2D eigenvalue weighted by molar-refractivity contribution is 0.511. The third-order valence-corrected chi connectivity index (χ3v) is 2.24. The summed E-state index contributed by atoms with van der Waals surface area (Å²) in [5, 5.41) is 3.16. The molecule has 0 radical (unpaired) electrons.